The molecule has 1 saturated heterocycles. The summed E-state index contributed by atoms with van der Waals surface area (Å²) in [6, 6.07) is 12.5. The molecule has 1 atom stereocenters. The predicted molar refractivity (Wildman–Crippen MR) is 102 cm³/mol. The molecular weight excluding hydrogens is 385 g/mol. The van der Waals surface area contributed by atoms with Crippen LogP contribution in [0, 0.1) is 5.82 Å². The van der Waals surface area contributed by atoms with Crippen molar-refractivity contribution in [2.45, 2.75) is 25.0 Å². The van der Waals surface area contributed by atoms with Crippen LogP contribution in [-0.4, -0.2) is 44.8 Å². The smallest absolute Gasteiger partial charge is 0.217 e. The van der Waals surface area contributed by atoms with Crippen molar-refractivity contribution in [2.24, 2.45) is 0 Å². The van der Waals surface area contributed by atoms with Crippen LogP contribution in [-0.2, 0) is 15.1 Å². The third kappa shape index (κ3) is 5.01. The number of sulfonamides is 1. The predicted octanol–water partition coefficient (Wildman–Crippen LogP) is 3.18. The van der Waals surface area contributed by atoms with Crippen molar-refractivity contribution in [2.75, 3.05) is 26.0 Å². The van der Waals surface area contributed by atoms with Gasteiger partial charge in [0.15, 0.2) is 11.5 Å². The highest BCUT2D eigenvalue weighted by molar-refractivity contribution is 7.89. The third-order valence-electron chi connectivity index (χ3n) is 4.75. The Hall–Kier alpha value is -2.16. The molecule has 1 fully saturated rings. The van der Waals surface area contributed by atoms with E-state index in [-0.39, 0.29) is 19.2 Å². The molecule has 0 unspecified atom stereocenters. The number of hydrogen-bond acceptors (Lipinski definition) is 4. The van der Waals surface area contributed by atoms with Crippen LogP contribution >= 0.6 is 0 Å². The van der Waals surface area contributed by atoms with E-state index in [4.69, 9.17) is 9.47 Å². The van der Waals surface area contributed by atoms with Gasteiger partial charge in [0.1, 0.15) is 18.0 Å². The van der Waals surface area contributed by atoms with E-state index >= 15 is 0 Å². The molecule has 1 heterocycles. The van der Waals surface area contributed by atoms with Crippen LogP contribution in [0.25, 0.3) is 0 Å². The van der Waals surface area contributed by atoms with Gasteiger partial charge in [-0.3, -0.25) is 0 Å². The number of rotatable bonds is 7. The van der Waals surface area contributed by atoms with Crippen LogP contribution in [0.2, 0.25) is 0 Å². The van der Waals surface area contributed by atoms with Crippen LogP contribution < -0.4 is 9.47 Å². The van der Waals surface area contributed by atoms with E-state index in [9.17, 15) is 17.9 Å². The third-order valence-corrected chi connectivity index (χ3v) is 6.62. The lowest BCUT2D eigenvalue weighted by atomic mass is 10.1. The van der Waals surface area contributed by atoms with E-state index in [0.29, 0.717) is 29.9 Å². The molecule has 6 nitrogen and oxygen atoms in total. The number of ether oxygens (including phenoxy) is 2. The Morgan fingerprint density at radius 3 is 2.43 bits per heavy atom. The summed E-state index contributed by atoms with van der Waals surface area (Å²) in [5.41, 5.74) is 0.465. The second-order valence-electron chi connectivity index (χ2n) is 6.69. The van der Waals surface area contributed by atoms with Crippen molar-refractivity contribution in [3.8, 4) is 11.5 Å². The number of nitrogens with zero attached hydrogens (tertiary/aromatic N) is 1. The number of halogens is 1. The van der Waals surface area contributed by atoms with Gasteiger partial charge in [-0.1, -0.05) is 30.3 Å². The Morgan fingerprint density at radius 2 is 1.79 bits per heavy atom. The van der Waals surface area contributed by atoms with Crippen molar-refractivity contribution in [3.63, 3.8) is 0 Å². The summed E-state index contributed by atoms with van der Waals surface area (Å²) < 4.78 is 50.8. The molecule has 2 aromatic carbocycles. The van der Waals surface area contributed by atoms with E-state index < -0.39 is 27.7 Å². The second kappa shape index (κ2) is 8.89. The minimum Gasteiger partial charge on any atom is -0.493 e. The summed E-state index contributed by atoms with van der Waals surface area (Å²) in [5, 5.41) is 12.3. The fraction of sp³-hybridized carbons (Fsp3) is 0.400. The zero-order chi connectivity index (χ0) is 20.1. The van der Waals surface area contributed by atoms with E-state index in [1.165, 1.54) is 29.6 Å². The molecule has 1 aliphatic rings. The lowest BCUT2D eigenvalue weighted by Crippen LogP contribution is -2.43. The Kier molecular flexibility index (Phi) is 6.53. The van der Waals surface area contributed by atoms with Crippen LogP contribution in [0.4, 0.5) is 4.39 Å². The van der Waals surface area contributed by atoms with Gasteiger partial charge in [0, 0.05) is 19.2 Å². The number of hydrogen-bond donors (Lipinski definition) is 0. The van der Waals surface area contributed by atoms with Crippen molar-refractivity contribution in [1.82, 2.24) is 4.31 Å². The Balaban J connectivity index is 1.57. The fourth-order valence-corrected chi connectivity index (χ4v) is 4.76. The molecule has 0 bridgehead atoms. The molecule has 28 heavy (non-hydrogen) atoms. The van der Waals surface area contributed by atoms with Crippen LogP contribution in [0.3, 0.4) is 0 Å². The molecule has 1 aliphatic heterocycles. The molecule has 0 amide bonds. The van der Waals surface area contributed by atoms with Gasteiger partial charge in [0.25, 0.3) is 0 Å². The maximum Gasteiger partial charge on any atom is 0.217 e. The SMILES string of the molecule is COc1cc(F)ccc1OC1CCN(S(=O)(=O)C[C@H]([O])c2ccccc2)CC1. The summed E-state index contributed by atoms with van der Waals surface area (Å²) >= 11 is 0. The Morgan fingerprint density at radius 1 is 1.11 bits per heavy atom. The molecule has 1 radical (unpaired) electrons. The standard InChI is InChI=1S/C20H23FNO5S/c1-26-20-13-16(21)7-8-19(20)27-17-9-11-22(12-10-17)28(24,25)14-18(23)15-5-3-2-4-6-15/h2-8,13,17-18H,9-12,14H2,1H3/t18-/m0/s1. The van der Waals surface area contributed by atoms with Gasteiger partial charge in [0.05, 0.1) is 12.9 Å². The molecular formula is C20H23FNO5S. The van der Waals surface area contributed by atoms with Gasteiger partial charge in [0.2, 0.25) is 10.0 Å². The van der Waals surface area contributed by atoms with Crippen molar-refractivity contribution >= 4 is 10.0 Å². The second-order valence-corrected chi connectivity index (χ2v) is 8.70. The van der Waals surface area contributed by atoms with Crippen molar-refractivity contribution < 1.29 is 27.4 Å². The quantitative estimate of drug-likeness (QED) is 0.705. The topological polar surface area (TPSA) is 75.7 Å². The molecule has 151 valence electrons. The van der Waals surface area contributed by atoms with Crippen molar-refractivity contribution in [1.29, 1.82) is 0 Å². The number of benzene rings is 2. The van der Waals surface area contributed by atoms with Crippen LogP contribution in [0.5, 0.6) is 11.5 Å². The first-order valence-electron chi connectivity index (χ1n) is 9.08. The van der Waals surface area contributed by atoms with E-state index in [2.05, 4.69) is 0 Å². The van der Waals surface area contributed by atoms with Gasteiger partial charge in [-0.25, -0.2) is 22.2 Å². The highest BCUT2D eigenvalue weighted by atomic mass is 32.2. The Labute approximate surface area is 164 Å². The molecule has 0 aromatic heterocycles. The molecule has 0 spiro atoms. The molecule has 2 aromatic rings. The largest absolute Gasteiger partial charge is 0.493 e. The van der Waals surface area contributed by atoms with Crippen LogP contribution in [0.15, 0.2) is 48.5 Å². The monoisotopic (exact) mass is 408 g/mol. The lowest BCUT2D eigenvalue weighted by Gasteiger charge is -2.32. The molecule has 0 N–H and O–H groups in total. The normalized spacial score (nSPS) is 17.2. The lowest BCUT2D eigenvalue weighted by molar-refractivity contribution is 0.105. The zero-order valence-corrected chi connectivity index (χ0v) is 16.4. The van der Waals surface area contributed by atoms with E-state index in [1.807, 2.05) is 0 Å². The first kappa shape index (κ1) is 20.6. The minimum atomic E-state index is -3.65. The van der Waals surface area contributed by atoms with Gasteiger partial charge in [-0.05, 0) is 30.5 Å². The highest BCUT2D eigenvalue weighted by Gasteiger charge is 2.31. The molecule has 0 aliphatic carbocycles. The first-order chi connectivity index (χ1) is 13.4. The van der Waals surface area contributed by atoms with Crippen molar-refractivity contribution in [3.05, 3.63) is 59.9 Å². The number of piperidine rings is 1. The summed E-state index contributed by atoms with van der Waals surface area (Å²) in [7, 11) is -2.22. The fourth-order valence-electron chi connectivity index (χ4n) is 3.21. The number of methoxy groups -OCH3 is 1. The summed E-state index contributed by atoms with van der Waals surface area (Å²) in [6.45, 7) is 0.552. The average molecular weight is 408 g/mol. The first-order valence-corrected chi connectivity index (χ1v) is 10.7. The minimum absolute atomic E-state index is 0.206. The Bertz CT molecular complexity index is 883. The highest BCUT2D eigenvalue weighted by Crippen LogP contribution is 2.30. The molecule has 3 rings (SSSR count). The maximum atomic E-state index is 13.3. The molecule has 0 saturated carbocycles. The van der Waals surface area contributed by atoms with Gasteiger partial charge in [-0.15, -0.1) is 0 Å². The summed E-state index contributed by atoms with van der Waals surface area (Å²) in [4.78, 5) is 0. The van der Waals surface area contributed by atoms with E-state index in [0.717, 1.165) is 0 Å². The van der Waals surface area contributed by atoms with Gasteiger partial charge in [-0.2, -0.15) is 0 Å². The van der Waals surface area contributed by atoms with Crippen LogP contribution in [0.1, 0.15) is 24.5 Å². The average Bonchev–Trinajstić information content (AvgIpc) is 2.70. The zero-order valence-electron chi connectivity index (χ0n) is 15.6. The summed E-state index contributed by atoms with van der Waals surface area (Å²) in [5.74, 6) is -0.161. The summed E-state index contributed by atoms with van der Waals surface area (Å²) in [6.07, 6.45) is -0.560. The molecule has 8 heteroatoms. The maximum absolute atomic E-state index is 13.3. The van der Waals surface area contributed by atoms with Gasteiger partial charge < -0.3 is 9.47 Å². The van der Waals surface area contributed by atoms with E-state index in [1.54, 1.807) is 30.3 Å². The van der Waals surface area contributed by atoms with Gasteiger partial charge >= 0.3 is 0 Å².